The molecule has 1 aromatic heterocycles. The van der Waals surface area contributed by atoms with Crippen LogP contribution in [0, 0.1) is 12.7 Å². The molecule has 0 fully saturated rings. The lowest BCUT2D eigenvalue weighted by atomic mass is 10.1. The largest absolute Gasteiger partial charge is 0.352 e. The van der Waals surface area contributed by atoms with E-state index in [9.17, 15) is 17.6 Å². The second-order valence-electron chi connectivity index (χ2n) is 6.17. The Hall–Kier alpha value is -2.84. The molecule has 3 rings (SSSR count). The molecule has 0 saturated heterocycles. The van der Waals surface area contributed by atoms with Crippen LogP contribution in [0.1, 0.15) is 21.6 Å². The Morgan fingerprint density at radius 3 is 2.52 bits per heavy atom. The van der Waals surface area contributed by atoms with Crippen LogP contribution in [0.25, 0.3) is 10.9 Å². The molecular formula is C19H18FN3O3S. The van der Waals surface area contributed by atoms with Crippen LogP contribution in [-0.4, -0.2) is 25.9 Å². The average molecular weight is 387 g/mol. The van der Waals surface area contributed by atoms with Gasteiger partial charge in [0.15, 0.2) is 0 Å². The molecule has 0 saturated carbocycles. The molecule has 0 spiro atoms. The number of nitrogens with one attached hydrogen (secondary N) is 1. The van der Waals surface area contributed by atoms with Gasteiger partial charge in [0.2, 0.25) is 10.0 Å². The summed E-state index contributed by atoms with van der Waals surface area (Å²) in [5, 5.41) is 8.32. The quantitative estimate of drug-likeness (QED) is 0.701. The van der Waals surface area contributed by atoms with Crippen molar-refractivity contribution in [3.05, 3.63) is 71.2 Å². The van der Waals surface area contributed by atoms with E-state index in [4.69, 9.17) is 5.14 Å². The number of carbonyl (C=O) groups excluding carboxylic acids is 1. The lowest BCUT2D eigenvalue weighted by Gasteiger charge is -2.09. The summed E-state index contributed by atoms with van der Waals surface area (Å²) in [5.74, 6) is -0.755. The molecule has 0 unspecified atom stereocenters. The van der Waals surface area contributed by atoms with Gasteiger partial charge in [-0.1, -0.05) is 12.1 Å². The van der Waals surface area contributed by atoms with E-state index in [-0.39, 0.29) is 10.8 Å². The molecule has 0 aliphatic heterocycles. The highest BCUT2D eigenvalue weighted by Gasteiger charge is 2.13. The second kappa shape index (κ2) is 7.42. The van der Waals surface area contributed by atoms with Gasteiger partial charge in [0.25, 0.3) is 5.91 Å². The van der Waals surface area contributed by atoms with Gasteiger partial charge in [-0.25, -0.2) is 17.9 Å². The summed E-state index contributed by atoms with van der Waals surface area (Å²) in [4.78, 5) is 16.9. The molecule has 140 valence electrons. The number of benzene rings is 2. The predicted octanol–water partition coefficient (Wildman–Crippen LogP) is 2.30. The standard InChI is InChI=1S/C19H18FN3O3S/c1-12-10-17(16-11-14(20)4-7-18(16)23-12)19(24)22-9-8-13-2-5-15(6-3-13)27(21,25)26/h2-7,10-11H,8-9H2,1H3,(H,22,24)(H2,21,25,26). The van der Waals surface area contributed by atoms with Crippen molar-refractivity contribution in [1.29, 1.82) is 0 Å². The normalized spacial score (nSPS) is 11.5. The SMILES string of the molecule is Cc1cc(C(=O)NCCc2ccc(S(N)(=O)=O)cc2)c2cc(F)ccc2n1. The molecule has 3 aromatic rings. The first kappa shape index (κ1) is 18.9. The summed E-state index contributed by atoms with van der Waals surface area (Å²) < 4.78 is 36.1. The Bertz CT molecular complexity index is 1110. The fourth-order valence-corrected chi connectivity index (χ4v) is 3.30. The molecule has 6 nitrogen and oxygen atoms in total. The van der Waals surface area contributed by atoms with Crippen LogP contribution in [0.5, 0.6) is 0 Å². The Balaban J connectivity index is 1.71. The Labute approximate surface area is 156 Å². The van der Waals surface area contributed by atoms with Crippen molar-refractivity contribution in [3.63, 3.8) is 0 Å². The first-order valence-electron chi connectivity index (χ1n) is 8.21. The van der Waals surface area contributed by atoms with Gasteiger partial charge in [-0.3, -0.25) is 9.78 Å². The number of aryl methyl sites for hydroxylation is 1. The number of sulfonamides is 1. The van der Waals surface area contributed by atoms with Crippen LogP contribution in [0.15, 0.2) is 53.4 Å². The van der Waals surface area contributed by atoms with E-state index in [2.05, 4.69) is 10.3 Å². The smallest absolute Gasteiger partial charge is 0.252 e. The molecule has 27 heavy (non-hydrogen) atoms. The van der Waals surface area contributed by atoms with Gasteiger partial charge in [0.1, 0.15) is 5.82 Å². The zero-order valence-corrected chi connectivity index (χ0v) is 15.4. The van der Waals surface area contributed by atoms with Gasteiger partial charge in [-0.2, -0.15) is 0 Å². The number of rotatable bonds is 5. The molecule has 0 aliphatic carbocycles. The van der Waals surface area contributed by atoms with E-state index >= 15 is 0 Å². The van der Waals surface area contributed by atoms with Gasteiger partial charge in [-0.05, 0) is 55.3 Å². The number of nitrogens with two attached hydrogens (primary N) is 1. The lowest BCUT2D eigenvalue weighted by molar-refractivity contribution is 0.0955. The predicted molar refractivity (Wildman–Crippen MR) is 100 cm³/mol. The molecule has 0 bridgehead atoms. The molecule has 1 heterocycles. The molecule has 1 amide bonds. The van der Waals surface area contributed by atoms with Gasteiger partial charge in [0, 0.05) is 17.6 Å². The number of pyridine rings is 1. The molecule has 8 heteroatoms. The van der Waals surface area contributed by atoms with Gasteiger partial charge in [-0.15, -0.1) is 0 Å². The van der Waals surface area contributed by atoms with Crippen molar-refractivity contribution in [3.8, 4) is 0 Å². The number of halogens is 1. The number of amides is 1. The molecule has 0 radical (unpaired) electrons. The highest BCUT2D eigenvalue weighted by molar-refractivity contribution is 7.89. The Morgan fingerprint density at radius 1 is 1.15 bits per heavy atom. The van der Waals surface area contributed by atoms with Crippen molar-refractivity contribution in [1.82, 2.24) is 10.3 Å². The molecular weight excluding hydrogens is 369 g/mol. The summed E-state index contributed by atoms with van der Waals surface area (Å²) in [6, 6.07) is 11.9. The monoisotopic (exact) mass is 387 g/mol. The summed E-state index contributed by atoms with van der Waals surface area (Å²) >= 11 is 0. The van der Waals surface area contributed by atoms with E-state index in [0.717, 1.165) is 5.56 Å². The number of primary sulfonamides is 1. The second-order valence-corrected chi connectivity index (χ2v) is 7.73. The minimum atomic E-state index is -3.72. The number of fused-ring (bicyclic) bond motifs is 1. The maximum absolute atomic E-state index is 13.6. The van der Waals surface area contributed by atoms with Crippen LogP contribution >= 0.6 is 0 Å². The fraction of sp³-hybridized carbons (Fsp3) is 0.158. The maximum Gasteiger partial charge on any atom is 0.252 e. The highest BCUT2D eigenvalue weighted by Crippen LogP contribution is 2.19. The number of hydrogen-bond donors (Lipinski definition) is 2. The Morgan fingerprint density at radius 2 is 1.85 bits per heavy atom. The van der Waals surface area contributed by atoms with Crippen molar-refractivity contribution < 1.29 is 17.6 Å². The van der Waals surface area contributed by atoms with E-state index in [0.29, 0.717) is 35.1 Å². The van der Waals surface area contributed by atoms with Gasteiger partial charge < -0.3 is 5.32 Å². The summed E-state index contributed by atoms with van der Waals surface area (Å²) in [5.41, 5.74) is 2.43. The zero-order chi connectivity index (χ0) is 19.6. The third-order valence-electron chi connectivity index (χ3n) is 4.09. The van der Waals surface area contributed by atoms with Crippen LogP contribution < -0.4 is 10.5 Å². The van der Waals surface area contributed by atoms with E-state index < -0.39 is 15.8 Å². The number of nitrogens with zero attached hydrogens (tertiary/aromatic N) is 1. The first-order chi connectivity index (χ1) is 12.7. The topological polar surface area (TPSA) is 102 Å². The van der Waals surface area contributed by atoms with E-state index in [1.165, 1.54) is 24.3 Å². The van der Waals surface area contributed by atoms with Crippen LogP contribution in [0.4, 0.5) is 4.39 Å². The third kappa shape index (κ3) is 4.47. The third-order valence-corrected chi connectivity index (χ3v) is 5.02. The van der Waals surface area contributed by atoms with E-state index in [1.807, 2.05) is 0 Å². The van der Waals surface area contributed by atoms with Crippen molar-refractivity contribution >= 4 is 26.8 Å². The molecule has 2 aromatic carbocycles. The Kier molecular flexibility index (Phi) is 5.20. The zero-order valence-electron chi connectivity index (χ0n) is 14.6. The molecule has 3 N–H and O–H groups in total. The minimum absolute atomic E-state index is 0.0380. The number of hydrogen-bond acceptors (Lipinski definition) is 4. The molecule has 0 atom stereocenters. The van der Waals surface area contributed by atoms with E-state index in [1.54, 1.807) is 31.2 Å². The van der Waals surface area contributed by atoms with Crippen LogP contribution in [0.2, 0.25) is 0 Å². The van der Waals surface area contributed by atoms with Crippen LogP contribution in [-0.2, 0) is 16.4 Å². The lowest BCUT2D eigenvalue weighted by Crippen LogP contribution is -2.26. The number of aromatic nitrogens is 1. The average Bonchev–Trinajstić information content (AvgIpc) is 2.61. The summed E-state index contributed by atoms with van der Waals surface area (Å²) in [6.45, 7) is 2.11. The van der Waals surface area contributed by atoms with Crippen molar-refractivity contribution in [2.45, 2.75) is 18.2 Å². The summed E-state index contributed by atoms with van der Waals surface area (Å²) in [6.07, 6.45) is 0.507. The summed E-state index contributed by atoms with van der Waals surface area (Å²) in [7, 11) is -3.72. The maximum atomic E-state index is 13.6. The van der Waals surface area contributed by atoms with Crippen LogP contribution in [0.3, 0.4) is 0 Å². The highest BCUT2D eigenvalue weighted by atomic mass is 32.2. The fourth-order valence-electron chi connectivity index (χ4n) is 2.78. The minimum Gasteiger partial charge on any atom is -0.352 e. The van der Waals surface area contributed by atoms with Crippen molar-refractivity contribution in [2.24, 2.45) is 5.14 Å². The van der Waals surface area contributed by atoms with Crippen molar-refractivity contribution in [2.75, 3.05) is 6.54 Å². The number of carbonyl (C=O) groups is 1. The first-order valence-corrected chi connectivity index (χ1v) is 9.75. The van der Waals surface area contributed by atoms with Gasteiger partial charge >= 0.3 is 0 Å². The molecule has 0 aliphatic rings. The van der Waals surface area contributed by atoms with Gasteiger partial charge in [0.05, 0.1) is 16.0 Å².